The van der Waals surface area contributed by atoms with Crippen LogP contribution in [-0.4, -0.2) is 37.2 Å². The molecule has 0 radical (unpaired) electrons. The number of urea groups is 1. The van der Waals surface area contributed by atoms with Crippen LogP contribution in [0.1, 0.15) is 23.2 Å². The van der Waals surface area contributed by atoms with Gasteiger partial charge in [0.2, 0.25) is 0 Å². The van der Waals surface area contributed by atoms with E-state index >= 15 is 0 Å². The zero-order valence-corrected chi connectivity index (χ0v) is 13.6. The number of nitrogens with zero attached hydrogens (tertiary/aromatic N) is 1. The summed E-state index contributed by atoms with van der Waals surface area (Å²) in [5.41, 5.74) is 0.936. The van der Waals surface area contributed by atoms with Crippen molar-refractivity contribution in [1.82, 2.24) is 10.2 Å². The largest absolute Gasteiger partial charge is 0.464 e. The molecular formula is C19H20N2O3. The van der Waals surface area contributed by atoms with E-state index in [1.807, 2.05) is 49.4 Å². The van der Waals surface area contributed by atoms with Gasteiger partial charge < -0.3 is 19.4 Å². The van der Waals surface area contributed by atoms with Crippen LogP contribution in [0, 0.1) is 18.8 Å². The van der Waals surface area contributed by atoms with E-state index in [0.717, 1.165) is 17.1 Å². The molecule has 3 rings (SSSR count). The summed E-state index contributed by atoms with van der Waals surface area (Å²) in [6, 6.07) is 13.4. The smallest absolute Gasteiger partial charge is 0.318 e. The Morgan fingerprint density at radius 3 is 2.88 bits per heavy atom. The van der Waals surface area contributed by atoms with E-state index in [4.69, 9.17) is 9.15 Å². The van der Waals surface area contributed by atoms with E-state index in [1.54, 1.807) is 4.90 Å². The molecule has 1 unspecified atom stereocenters. The fourth-order valence-electron chi connectivity index (χ4n) is 2.53. The number of carbonyl (C=O) groups excluding carboxylic acids is 1. The molecule has 1 saturated heterocycles. The fourth-order valence-corrected chi connectivity index (χ4v) is 2.53. The second-order valence-corrected chi connectivity index (χ2v) is 5.58. The molecule has 5 heteroatoms. The van der Waals surface area contributed by atoms with E-state index in [9.17, 15) is 4.79 Å². The van der Waals surface area contributed by atoms with Crippen LogP contribution in [0.4, 0.5) is 4.79 Å². The summed E-state index contributed by atoms with van der Waals surface area (Å²) in [6.45, 7) is 3.74. The summed E-state index contributed by atoms with van der Waals surface area (Å²) in [5, 5.41) is 2.83. The summed E-state index contributed by atoms with van der Waals surface area (Å²) in [5.74, 6) is 7.57. The molecule has 0 saturated carbocycles. The molecule has 0 spiro atoms. The lowest BCUT2D eigenvalue weighted by Crippen LogP contribution is -2.47. The molecule has 1 aromatic heterocycles. The molecule has 2 aromatic rings. The molecule has 1 fully saturated rings. The van der Waals surface area contributed by atoms with Gasteiger partial charge in [-0.3, -0.25) is 0 Å². The third-order valence-electron chi connectivity index (χ3n) is 3.77. The first kappa shape index (κ1) is 16.2. The number of furan rings is 1. The SMILES string of the molecule is Cc1ccc(C2CN(C(=O)NCC#Cc3ccccc3)CCO2)o1. The van der Waals surface area contributed by atoms with E-state index in [2.05, 4.69) is 17.2 Å². The van der Waals surface area contributed by atoms with Crippen LogP contribution < -0.4 is 5.32 Å². The summed E-state index contributed by atoms with van der Waals surface area (Å²) < 4.78 is 11.3. The highest BCUT2D eigenvalue weighted by atomic mass is 16.5. The molecule has 1 aliphatic rings. The van der Waals surface area contributed by atoms with Crippen LogP contribution in [0.2, 0.25) is 0 Å². The number of amides is 2. The Labute approximate surface area is 141 Å². The topological polar surface area (TPSA) is 54.7 Å². The van der Waals surface area contributed by atoms with Gasteiger partial charge in [0.25, 0.3) is 0 Å². The van der Waals surface area contributed by atoms with E-state index in [1.165, 1.54) is 0 Å². The first-order valence-electron chi connectivity index (χ1n) is 7.97. The van der Waals surface area contributed by atoms with Crippen molar-refractivity contribution in [3.63, 3.8) is 0 Å². The lowest BCUT2D eigenvalue weighted by Gasteiger charge is -2.31. The van der Waals surface area contributed by atoms with Gasteiger partial charge in [0.15, 0.2) is 0 Å². The Kier molecular flexibility index (Phi) is 5.19. The van der Waals surface area contributed by atoms with Gasteiger partial charge in [-0.25, -0.2) is 4.79 Å². The van der Waals surface area contributed by atoms with E-state index in [-0.39, 0.29) is 12.1 Å². The van der Waals surface area contributed by atoms with Crippen molar-refractivity contribution in [2.75, 3.05) is 26.2 Å². The normalized spacial score (nSPS) is 17.0. The Morgan fingerprint density at radius 1 is 1.29 bits per heavy atom. The minimum Gasteiger partial charge on any atom is -0.464 e. The maximum atomic E-state index is 12.3. The van der Waals surface area contributed by atoms with Gasteiger partial charge in [-0.1, -0.05) is 30.0 Å². The number of aryl methyl sites for hydroxylation is 1. The molecule has 1 aromatic carbocycles. The average Bonchev–Trinajstić information content (AvgIpc) is 3.06. The van der Waals surface area contributed by atoms with Crippen LogP contribution in [0.5, 0.6) is 0 Å². The molecule has 124 valence electrons. The van der Waals surface area contributed by atoms with Gasteiger partial charge in [0.1, 0.15) is 17.6 Å². The third-order valence-corrected chi connectivity index (χ3v) is 3.77. The number of benzene rings is 1. The molecule has 2 heterocycles. The number of hydrogen-bond acceptors (Lipinski definition) is 3. The third kappa shape index (κ3) is 4.18. The summed E-state index contributed by atoms with van der Waals surface area (Å²) in [6.07, 6.45) is -0.214. The van der Waals surface area contributed by atoms with Crippen LogP contribution in [0.15, 0.2) is 46.9 Å². The molecule has 2 amide bonds. The van der Waals surface area contributed by atoms with E-state index in [0.29, 0.717) is 26.2 Å². The molecule has 0 bridgehead atoms. The lowest BCUT2D eigenvalue weighted by atomic mass is 10.2. The van der Waals surface area contributed by atoms with Gasteiger partial charge in [-0.2, -0.15) is 0 Å². The van der Waals surface area contributed by atoms with Crippen molar-refractivity contribution in [2.45, 2.75) is 13.0 Å². The van der Waals surface area contributed by atoms with Crippen LogP contribution in [-0.2, 0) is 4.74 Å². The summed E-state index contributed by atoms with van der Waals surface area (Å²) in [7, 11) is 0. The second-order valence-electron chi connectivity index (χ2n) is 5.58. The van der Waals surface area contributed by atoms with Gasteiger partial charge in [0, 0.05) is 12.1 Å². The van der Waals surface area contributed by atoms with Crippen molar-refractivity contribution in [3.05, 3.63) is 59.5 Å². The number of nitrogens with one attached hydrogen (secondary N) is 1. The molecule has 1 N–H and O–H groups in total. The zero-order valence-electron chi connectivity index (χ0n) is 13.6. The maximum Gasteiger partial charge on any atom is 0.318 e. The number of ether oxygens (including phenoxy) is 1. The second kappa shape index (κ2) is 7.71. The van der Waals surface area contributed by atoms with Crippen molar-refractivity contribution in [3.8, 4) is 11.8 Å². The molecule has 1 aliphatic heterocycles. The average molecular weight is 324 g/mol. The predicted octanol–water partition coefficient (Wildman–Crippen LogP) is 2.72. The zero-order chi connectivity index (χ0) is 16.8. The Balaban J connectivity index is 1.50. The highest BCUT2D eigenvalue weighted by molar-refractivity contribution is 5.74. The van der Waals surface area contributed by atoms with Crippen molar-refractivity contribution in [1.29, 1.82) is 0 Å². The summed E-state index contributed by atoms with van der Waals surface area (Å²) in [4.78, 5) is 14.0. The number of hydrogen-bond donors (Lipinski definition) is 1. The standard InChI is InChI=1S/C19H20N2O3/c1-15-9-10-17(24-15)18-14-21(12-13-23-18)19(22)20-11-5-8-16-6-3-2-4-7-16/h2-4,6-7,9-10,18H,11-14H2,1H3,(H,20,22). The van der Waals surface area contributed by atoms with Crippen LogP contribution >= 0.6 is 0 Å². The number of carbonyl (C=O) groups is 1. The highest BCUT2D eigenvalue weighted by Crippen LogP contribution is 2.23. The van der Waals surface area contributed by atoms with Crippen LogP contribution in [0.3, 0.4) is 0 Å². The van der Waals surface area contributed by atoms with Gasteiger partial charge in [-0.05, 0) is 31.2 Å². The highest BCUT2D eigenvalue weighted by Gasteiger charge is 2.27. The van der Waals surface area contributed by atoms with Gasteiger partial charge >= 0.3 is 6.03 Å². The Morgan fingerprint density at radius 2 is 2.12 bits per heavy atom. The monoisotopic (exact) mass is 324 g/mol. The first-order chi connectivity index (χ1) is 11.7. The molecular weight excluding hydrogens is 304 g/mol. The molecule has 24 heavy (non-hydrogen) atoms. The van der Waals surface area contributed by atoms with Gasteiger partial charge in [0.05, 0.1) is 19.7 Å². The van der Waals surface area contributed by atoms with Crippen molar-refractivity contribution < 1.29 is 13.9 Å². The first-order valence-corrected chi connectivity index (χ1v) is 7.97. The van der Waals surface area contributed by atoms with Gasteiger partial charge in [-0.15, -0.1) is 0 Å². The van der Waals surface area contributed by atoms with Crippen molar-refractivity contribution >= 4 is 6.03 Å². The number of rotatable bonds is 2. The minimum atomic E-state index is -0.214. The van der Waals surface area contributed by atoms with Crippen molar-refractivity contribution in [2.24, 2.45) is 0 Å². The Bertz CT molecular complexity index is 743. The lowest BCUT2D eigenvalue weighted by molar-refractivity contribution is -0.0262. The number of morpholine rings is 1. The van der Waals surface area contributed by atoms with E-state index < -0.39 is 0 Å². The molecule has 0 aliphatic carbocycles. The molecule has 1 atom stereocenters. The minimum absolute atomic E-state index is 0.131. The molecule has 5 nitrogen and oxygen atoms in total. The predicted molar refractivity (Wildman–Crippen MR) is 90.4 cm³/mol. The quantitative estimate of drug-likeness (QED) is 0.864. The fraction of sp³-hybridized carbons (Fsp3) is 0.316. The van der Waals surface area contributed by atoms with Crippen LogP contribution in [0.25, 0.3) is 0 Å². The Hall–Kier alpha value is -2.71. The summed E-state index contributed by atoms with van der Waals surface area (Å²) >= 11 is 0. The maximum absolute atomic E-state index is 12.3.